The van der Waals surface area contributed by atoms with Crippen molar-refractivity contribution in [2.24, 2.45) is 0 Å². The van der Waals surface area contributed by atoms with Crippen molar-refractivity contribution in [3.63, 3.8) is 0 Å². The highest BCUT2D eigenvalue weighted by Gasteiger charge is 2.27. The molecular weight excluding hydrogens is 455 g/mol. The Morgan fingerprint density at radius 1 is 0.839 bits per heavy atom. The Morgan fingerprint density at radius 3 is 2.03 bits per heavy atom. The molecule has 0 fully saturated rings. The molecular formula is C23H22Cl2N2O3S. The van der Waals surface area contributed by atoms with E-state index in [4.69, 9.17) is 23.2 Å². The largest absolute Gasteiger partial charge is 0.355 e. The number of sulfonamides is 1. The van der Waals surface area contributed by atoms with Crippen molar-refractivity contribution in [2.75, 3.05) is 17.4 Å². The van der Waals surface area contributed by atoms with Crippen LogP contribution in [0.5, 0.6) is 0 Å². The standard InChI is InChI=1S/C23H22Cl2N2O3S/c24-19-10-8-18(9-11-19)5-4-16-26-23(28)17-27(21-6-2-1-3-7-21)31(29,30)22-14-12-20(25)13-15-22/h1-3,6-15H,4-5,16-17H2,(H,26,28). The Balaban J connectivity index is 1.66. The lowest BCUT2D eigenvalue weighted by molar-refractivity contribution is -0.119. The van der Waals surface area contributed by atoms with Crippen molar-refractivity contribution in [3.8, 4) is 0 Å². The molecule has 162 valence electrons. The zero-order valence-electron chi connectivity index (χ0n) is 16.7. The first-order chi connectivity index (χ1) is 14.9. The first kappa shape index (κ1) is 23.1. The molecule has 0 spiro atoms. The van der Waals surface area contributed by atoms with Crippen LogP contribution in [-0.4, -0.2) is 27.4 Å². The van der Waals surface area contributed by atoms with Crippen molar-refractivity contribution in [2.45, 2.75) is 17.7 Å². The number of carbonyl (C=O) groups is 1. The van der Waals surface area contributed by atoms with Crippen LogP contribution in [0.1, 0.15) is 12.0 Å². The Labute approximate surface area is 192 Å². The second-order valence-corrected chi connectivity index (χ2v) is 9.62. The van der Waals surface area contributed by atoms with E-state index in [0.29, 0.717) is 22.3 Å². The number of para-hydroxylation sites is 1. The second kappa shape index (κ2) is 10.7. The maximum absolute atomic E-state index is 13.2. The van der Waals surface area contributed by atoms with Crippen LogP contribution < -0.4 is 9.62 Å². The third-order valence-corrected chi connectivity index (χ3v) is 6.90. The van der Waals surface area contributed by atoms with Gasteiger partial charge in [0.25, 0.3) is 10.0 Å². The van der Waals surface area contributed by atoms with Crippen LogP contribution in [-0.2, 0) is 21.2 Å². The number of nitrogens with zero attached hydrogens (tertiary/aromatic N) is 1. The molecule has 0 saturated carbocycles. The van der Waals surface area contributed by atoms with Crippen LogP contribution in [0.2, 0.25) is 10.0 Å². The van der Waals surface area contributed by atoms with Crippen molar-refractivity contribution in [3.05, 3.63) is 94.5 Å². The normalized spacial score (nSPS) is 11.2. The van der Waals surface area contributed by atoms with Crippen LogP contribution >= 0.6 is 23.2 Å². The minimum Gasteiger partial charge on any atom is -0.355 e. The molecule has 5 nitrogen and oxygen atoms in total. The summed E-state index contributed by atoms with van der Waals surface area (Å²) in [5.41, 5.74) is 1.53. The van der Waals surface area contributed by atoms with Gasteiger partial charge in [0, 0.05) is 16.6 Å². The summed E-state index contributed by atoms with van der Waals surface area (Å²) in [6.07, 6.45) is 1.51. The van der Waals surface area contributed by atoms with Gasteiger partial charge >= 0.3 is 0 Å². The summed E-state index contributed by atoms with van der Waals surface area (Å²) in [7, 11) is -3.94. The number of nitrogens with one attached hydrogen (secondary N) is 1. The molecule has 0 radical (unpaired) electrons. The molecule has 0 unspecified atom stereocenters. The summed E-state index contributed by atoms with van der Waals surface area (Å²) in [5.74, 6) is -0.377. The Kier molecular flexibility index (Phi) is 7.96. The van der Waals surface area contributed by atoms with Crippen molar-refractivity contribution < 1.29 is 13.2 Å². The van der Waals surface area contributed by atoms with Crippen LogP contribution in [0.25, 0.3) is 0 Å². The van der Waals surface area contributed by atoms with E-state index in [1.54, 1.807) is 30.3 Å². The van der Waals surface area contributed by atoms with Crippen molar-refractivity contribution >= 4 is 44.8 Å². The molecule has 0 saturated heterocycles. The lowest BCUT2D eigenvalue weighted by atomic mass is 10.1. The van der Waals surface area contributed by atoms with E-state index < -0.39 is 10.0 Å². The molecule has 0 heterocycles. The molecule has 0 bridgehead atoms. The minimum atomic E-state index is -3.94. The third kappa shape index (κ3) is 6.47. The molecule has 0 aliphatic heterocycles. The number of halogens is 2. The lowest BCUT2D eigenvalue weighted by Gasteiger charge is -2.24. The van der Waals surface area contributed by atoms with Gasteiger partial charge in [0.05, 0.1) is 10.6 Å². The summed E-state index contributed by atoms with van der Waals surface area (Å²) in [6.45, 7) is 0.112. The van der Waals surface area contributed by atoms with Gasteiger partial charge in [-0.15, -0.1) is 0 Å². The number of hydrogen-bond acceptors (Lipinski definition) is 3. The quantitative estimate of drug-likeness (QED) is 0.444. The number of aryl methyl sites for hydroxylation is 1. The molecule has 0 aliphatic carbocycles. The van der Waals surface area contributed by atoms with Gasteiger partial charge in [-0.3, -0.25) is 9.10 Å². The SMILES string of the molecule is O=C(CN(c1ccccc1)S(=O)(=O)c1ccc(Cl)cc1)NCCCc1ccc(Cl)cc1. The lowest BCUT2D eigenvalue weighted by Crippen LogP contribution is -2.41. The monoisotopic (exact) mass is 476 g/mol. The highest BCUT2D eigenvalue weighted by molar-refractivity contribution is 7.92. The average molecular weight is 477 g/mol. The van der Waals surface area contributed by atoms with Gasteiger partial charge in [-0.05, 0) is 66.9 Å². The Morgan fingerprint density at radius 2 is 1.42 bits per heavy atom. The third-order valence-electron chi connectivity index (χ3n) is 4.61. The molecule has 0 aromatic heterocycles. The molecule has 1 amide bonds. The number of hydrogen-bond donors (Lipinski definition) is 1. The van der Waals surface area contributed by atoms with Crippen LogP contribution in [0.4, 0.5) is 5.69 Å². The van der Waals surface area contributed by atoms with Crippen molar-refractivity contribution in [1.82, 2.24) is 5.32 Å². The predicted octanol–water partition coefficient (Wildman–Crippen LogP) is 4.94. The molecule has 8 heteroatoms. The maximum Gasteiger partial charge on any atom is 0.264 e. The van der Waals surface area contributed by atoms with Gasteiger partial charge < -0.3 is 5.32 Å². The van der Waals surface area contributed by atoms with Crippen molar-refractivity contribution in [1.29, 1.82) is 0 Å². The number of benzene rings is 3. The number of carbonyl (C=O) groups excluding carboxylic acids is 1. The first-order valence-electron chi connectivity index (χ1n) is 9.71. The fourth-order valence-corrected chi connectivity index (χ4v) is 4.67. The highest BCUT2D eigenvalue weighted by atomic mass is 35.5. The molecule has 1 N–H and O–H groups in total. The van der Waals surface area contributed by atoms with E-state index in [-0.39, 0.29) is 17.3 Å². The van der Waals surface area contributed by atoms with Crippen LogP contribution in [0.15, 0.2) is 83.8 Å². The minimum absolute atomic E-state index is 0.0660. The molecule has 0 aliphatic rings. The smallest absolute Gasteiger partial charge is 0.264 e. The van der Waals surface area contributed by atoms with Gasteiger partial charge in [-0.1, -0.05) is 53.5 Å². The van der Waals surface area contributed by atoms with Gasteiger partial charge in [0.1, 0.15) is 6.54 Å². The molecule has 0 atom stereocenters. The van der Waals surface area contributed by atoms with E-state index in [1.165, 1.54) is 24.3 Å². The summed E-state index contributed by atoms with van der Waals surface area (Å²) in [5, 5.41) is 3.92. The number of rotatable bonds is 9. The number of amides is 1. The zero-order valence-corrected chi connectivity index (χ0v) is 19.0. The number of anilines is 1. The predicted molar refractivity (Wildman–Crippen MR) is 125 cm³/mol. The van der Waals surface area contributed by atoms with Crippen LogP contribution in [0, 0.1) is 0 Å². The van der Waals surface area contributed by atoms with E-state index in [0.717, 1.165) is 22.7 Å². The average Bonchev–Trinajstić information content (AvgIpc) is 2.77. The first-order valence-corrected chi connectivity index (χ1v) is 11.9. The van der Waals surface area contributed by atoms with Gasteiger partial charge in [0.2, 0.25) is 5.91 Å². The van der Waals surface area contributed by atoms with E-state index in [2.05, 4.69) is 5.32 Å². The summed E-state index contributed by atoms with van der Waals surface area (Å²) in [6, 6.07) is 22.0. The summed E-state index contributed by atoms with van der Waals surface area (Å²) < 4.78 is 27.5. The topological polar surface area (TPSA) is 66.5 Å². The van der Waals surface area contributed by atoms with Gasteiger partial charge in [-0.25, -0.2) is 8.42 Å². The van der Waals surface area contributed by atoms with E-state index >= 15 is 0 Å². The Hall–Kier alpha value is -2.54. The van der Waals surface area contributed by atoms with Gasteiger partial charge in [-0.2, -0.15) is 0 Å². The van der Waals surface area contributed by atoms with E-state index in [9.17, 15) is 13.2 Å². The second-order valence-electron chi connectivity index (χ2n) is 6.88. The molecule has 3 aromatic rings. The zero-order chi connectivity index (χ0) is 22.3. The van der Waals surface area contributed by atoms with Gasteiger partial charge in [0.15, 0.2) is 0 Å². The molecule has 31 heavy (non-hydrogen) atoms. The summed E-state index contributed by atoms with van der Waals surface area (Å²) >= 11 is 11.8. The van der Waals surface area contributed by atoms with Crippen LogP contribution in [0.3, 0.4) is 0 Å². The fourth-order valence-electron chi connectivity index (χ4n) is 3.00. The molecule has 3 aromatic carbocycles. The Bertz CT molecular complexity index is 1100. The highest BCUT2D eigenvalue weighted by Crippen LogP contribution is 2.24. The fraction of sp³-hybridized carbons (Fsp3) is 0.174. The summed E-state index contributed by atoms with van der Waals surface area (Å²) in [4.78, 5) is 12.6. The molecule has 3 rings (SSSR count). The maximum atomic E-state index is 13.2. The van der Waals surface area contributed by atoms with E-state index in [1.807, 2.05) is 24.3 Å².